The van der Waals surface area contributed by atoms with Gasteiger partial charge in [0.25, 0.3) is 0 Å². The van der Waals surface area contributed by atoms with Gasteiger partial charge in [0.2, 0.25) is 5.91 Å². The summed E-state index contributed by atoms with van der Waals surface area (Å²) in [6, 6.07) is 7.67. The van der Waals surface area contributed by atoms with Crippen LogP contribution in [0.1, 0.15) is 37.3 Å². The van der Waals surface area contributed by atoms with Gasteiger partial charge in [0.05, 0.1) is 6.54 Å². The molecule has 1 aliphatic heterocycles. The Morgan fingerprint density at radius 3 is 2.61 bits per heavy atom. The number of aliphatic carboxylic acids is 1. The van der Waals surface area contributed by atoms with Gasteiger partial charge in [-0.3, -0.25) is 14.5 Å². The Morgan fingerprint density at radius 2 is 2.00 bits per heavy atom. The molecule has 5 heteroatoms. The van der Waals surface area contributed by atoms with Crippen LogP contribution in [0.2, 0.25) is 0 Å². The van der Waals surface area contributed by atoms with Crippen molar-refractivity contribution in [3.63, 3.8) is 0 Å². The summed E-state index contributed by atoms with van der Waals surface area (Å²) < 4.78 is 0. The van der Waals surface area contributed by atoms with E-state index in [1.54, 1.807) is 4.90 Å². The van der Waals surface area contributed by atoms with Crippen LogP contribution in [0.15, 0.2) is 24.3 Å². The van der Waals surface area contributed by atoms with Crippen LogP contribution in [0.5, 0.6) is 0 Å². The summed E-state index contributed by atoms with van der Waals surface area (Å²) in [5.74, 6) is -0.809. The number of amides is 1. The number of rotatable bonds is 7. The van der Waals surface area contributed by atoms with Crippen molar-refractivity contribution in [1.29, 1.82) is 0 Å². The fourth-order valence-electron chi connectivity index (χ4n) is 3.04. The summed E-state index contributed by atoms with van der Waals surface area (Å²) in [6.07, 6.45) is 2.37. The molecule has 1 aromatic carbocycles. The third-order valence-corrected chi connectivity index (χ3v) is 4.33. The molecular formula is C18H26N2O3. The average molecular weight is 318 g/mol. The smallest absolute Gasteiger partial charge is 0.320 e. The minimum Gasteiger partial charge on any atom is -0.480 e. The van der Waals surface area contributed by atoms with E-state index in [1.165, 1.54) is 5.56 Å². The Balaban J connectivity index is 2.00. The summed E-state index contributed by atoms with van der Waals surface area (Å²) in [5.41, 5.74) is 2.30. The molecule has 126 valence electrons. The van der Waals surface area contributed by atoms with E-state index in [2.05, 4.69) is 0 Å². The second-order valence-corrected chi connectivity index (χ2v) is 6.27. The van der Waals surface area contributed by atoms with Gasteiger partial charge in [-0.05, 0) is 38.3 Å². The van der Waals surface area contributed by atoms with Gasteiger partial charge in [-0.2, -0.15) is 0 Å². The van der Waals surface area contributed by atoms with Crippen LogP contribution >= 0.6 is 0 Å². The van der Waals surface area contributed by atoms with Gasteiger partial charge in [-0.1, -0.05) is 36.8 Å². The molecule has 5 nitrogen and oxygen atoms in total. The van der Waals surface area contributed by atoms with Crippen LogP contribution in [0.3, 0.4) is 0 Å². The van der Waals surface area contributed by atoms with Gasteiger partial charge in [-0.25, -0.2) is 0 Å². The molecule has 1 fully saturated rings. The zero-order valence-corrected chi connectivity index (χ0v) is 14.0. The van der Waals surface area contributed by atoms with Crippen LogP contribution in [0.4, 0.5) is 0 Å². The van der Waals surface area contributed by atoms with Crippen LogP contribution in [0.25, 0.3) is 0 Å². The lowest BCUT2D eigenvalue weighted by Gasteiger charge is -2.27. The number of carboxylic acid groups (broad SMARTS) is 1. The number of carboxylic acids is 1. The highest BCUT2D eigenvalue weighted by Crippen LogP contribution is 2.18. The lowest BCUT2D eigenvalue weighted by atomic mass is 10.1. The quantitative estimate of drug-likeness (QED) is 0.838. The highest BCUT2D eigenvalue weighted by Gasteiger charge is 2.32. The van der Waals surface area contributed by atoms with Crippen molar-refractivity contribution in [1.82, 2.24) is 9.80 Å². The first-order valence-corrected chi connectivity index (χ1v) is 8.31. The molecule has 0 radical (unpaired) electrons. The fraction of sp³-hybridized carbons (Fsp3) is 0.556. The molecule has 1 saturated heterocycles. The van der Waals surface area contributed by atoms with Gasteiger partial charge in [-0.15, -0.1) is 0 Å². The molecule has 1 aromatic rings. The molecule has 0 spiro atoms. The van der Waals surface area contributed by atoms with Crippen molar-refractivity contribution in [3.05, 3.63) is 35.4 Å². The molecule has 0 aliphatic carbocycles. The summed E-state index contributed by atoms with van der Waals surface area (Å²) in [5, 5.41) is 9.23. The highest BCUT2D eigenvalue weighted by molar-refractivity contribution is 5.80. The third kappa shape index (κ3) is 4.79. The molecule has 0 aromatic heterocycles. The lowest BCUT2D eigenvalue weighted by Crippen LogP contribution is -2.44. The fourth-order valence-corrected chi connectivity index (χ4v) is 3.04. The first-order chi connectivity index (χ1) is 11.0. The van der Waals surface area contributed by atoms with Gasteiger partial charge in [0.15, 0.2) is 0 Å². The van der Waals surface area contributed by atoms with E-state index in [0.29, 0.717) is 26.1 Å². The van der Waals surface area contributed by atoms with Gasteiger partial charge in [0, 0.05) is 13.1 Å². The first kappa shape index (κ1) is 17.5. The minimum absolute atomic E-state index is 0.0144. The highest BCUT2D eigenvalue weighted by atomic mass is 16.4. The molecule has 0 unspecified atom stereocenters. The average Bonchev–Trinajstić information content (AvgIpc) is 2.97. The molecule has 23 heavy (non-hydrogen) atoms. The Labute approximate surface area is 137 Å². The number of carbonyl (C=O) groups excluding carboxylic acids is 1. The summed E-state index contributed by atoms with van der Waals surface area (Å²) in [7, 11) is 0. The van der Waals surface area contributed by atoms with Crippen molar-refractivity contribution in [2.75, 3.05) is 19.6 Å². The molecule has 1 heterocycles. The number of carbonyl (C=O) groups is 2. The molecule has 1 atom stereocenters. The van der Waals surface area contributed by atoms with Crippen molar-refractivity contribution in [3.8, 4) is 0 Å². The van der Waals surface area contributed by atoms with Crippen molar-refractivity contribution in [2.24, 2.45) is 0 Å². The Bertz CT molecular complexity index is 542. The number of hydrogen-bond donors (Lipinski definition) is 1. The number of aryl methyl sites for hydroxylation is 1. The summed E-state index contributed by atoms with van der Waals surface area (Å²) in [4.78, 5) is 27.5. The largest absolute Gasteiger partial charge is 0.480 e. The number of benzene rings is 1. The predicted molar refractivity (Wildman–Crippen MR) is 89.1 cm³/mol. The SMILES string of the molecule is CCCN(Cc1ccc(C)cc1)C(=O)CN1CCC[C@H]1C(=O)O. The zero-order valence-electron chi connectivity index (χ0n) is 14.0. The van der Waals surface area contributed by atoms with E-state index in [-0.39, 0.29) is 12.5 Å². The molecule has 0 saturated carbocycles. The number of likely N-dealkylation sites (tertiary alicyclic amines) is 1. The lowest BCUT2D eigenvalue weighted by molar-refractivity contribution is -0.143. The van der Waals surface area contributed by atoms with E-state index in [9.17, 15) is 14.7 Å². The molecule has 1 N–H and O–H groups in total. The normalized spacial score (nSPS) is 18.1. The van der Waals surface area contributed by atoms with E-state index in [4.69, 9.17) is 0 Å². The zero-order chi connectivity index (χ0) is 16.8. The van der Waals surface area contributed by atoms with Crippen LogP contribution < -0.4 is 0 Å². The maximum atomic E-state index is 12.6. The van der Waals surface area contributed by atoms with Crippen LogP contribution in [0, 0.1) is 6.92 Å². The number of nitrogens with zero attached hydrogens (tertiary/aromatic N) is 2. The van der Waals surface area contributed by atoms with Gasteiger partial charge in [0.1, 0.15) is 6.04 Å². The molecule has 2 rings (SSSR count). The topological polar surface area (TPSA) is 60.9 Å². The number of hydrogen-bond acceptors (Lipinski definition) is 3. The van der Waals surface area contributed by atoms with E-state index in [0.717, 1.165) is 18.4 Å². The monoisotopic (exact) mass is 318 g/mol. The molecule has 1 amide bonds. The third-order valence-electron chi connectivity index (χ3n) is 4.33. The van der Waals surface area contributed by atoms with Crippen molar-refractivity contribution < 1.29 is 14.7 Å². The molecule has 1 aliphatic rings. The minimum atomic E-state index is -0.823. The Morgan fingerprint density at radius 1 is 1.30 bits per heavy atom. The molecular weight excluding hydrogens is 292 g/mol. The summed E-state index contributed by atoms with van der Waals surface area (Å²) in [6.45, 7) is 6.25. The Kier molecular flexibility index (Phi) is 6.16. The second kappa shape index (κ2) is 8.11. The van der Waals surface area contributed by atoms with E-state index < -0.39 is 12.0 Å². The standard InChI is InChI=1S/C18H26N2O3/c1-3-10-20(12-15-8-6-14(2)7-9-15)17(21)13-19-11-4-5-16(19)18(22)23/h6-9,16H,3-5,10-13H2,1-2H3,(H,22,23)/t16-/m0/s1. The predicted octanol–water partition coefficient (Wildman–Crippen LogP) is 2.28. The summed E-state index contributed by atoms with van der Waals surface area (Å²) >= 11 is 0. The van der Waals surface area contributed by atoms with Crippen LogP contribution in [-0.2, 0) is 16.1 Å². The molecule has 0 bridgehead atoms. The second-order valence-electron chi connectivity index (χ2n) is 6.27. The van der Waals surface area contributed by atoms with E-state index in [1.807, 2.05) is 43.0 Å². The van der Waals surface area contributed by atoms with E-state index >= 15 is 0 Å². The van der Waals surface area contributed by atoms with Crippen molar-refractivity contribution >= 4 is 11.9 Å². The van der Waals surface area contributed by atoms with Crippen molar-refractivity contribution in [2.45, 2.75) is 45.7 Å². The van der Waals surface area contributed by atoms with Crippen LogP contribution in [-0.4, -0.2) is 52.5 Å². The van der Waals surface area contributed by atoms with Gasteiger partial charge < -0.3 is 10.0 Å². The maximum Gasteiger partial charge on any atom is 0.320 e. The van der Waals surface area contributed by atoms with Gasteiger partial charge >= 0.3 is 5.97 Å². The Hall–Kier alpha value is -1.88. The maximum absolute atomic E-state index is 12.6. The first-order valence-electron chi connectivity index (χ1n) is 8.31.